The standard InChI is InChI=1S/C18H22ClN5O2S/c1-13-12-16(21-18(20-13)24-8-10-26-11-9-24)22-4-6-23(7-5-22)17(25)14-2-3-15(19)27-14/h2-3,12H,4-11H2,1H3. The molecule has 0 unspecified atom stereocenters. The number of aromatic nitrogens is 2. The second-order valence-corrected chi connectivity index (χ2v) is 8.37. The molecule has 2 aliphatic heterocycles. The van der Waals surface area contributed by atoms with Crippen LogP contribution in [0, 0.1) is 6.92 Å². The van der Waals surface area contributed by atoms with Gasteiger partial charge in [0.2, 0.25) is 5.95 Å². The van der Waals surface area contributed by atoms with Crippen LogP contribution >= 0.6 is 22.9 Å². The van der Waals surface area contributed by atoms with Crippen LogP contribution in [-0.4, -0.2) is 73.3 Å². The van der Waals surface area contributed by atoms with Crippen molar-refractivity contribution in [1.82, 2.24) is 14.9 Å². The maximum atomic E-state index is 12.6. The third-order valence-electron chi connectivity index (χ3n) is 4.80. The second-order valence-electron chi connectivity index (χ2n) is 6.65. The molecule has 9 heteroatoms. The molecule has 0 saturated carbocycles. The Labute approximate surface area is 167 Å². The number of nitrogens with zero attached hydrogens (tertiary/aromatic N) is 5. The number of rotatable bonds is 3. The summed E-state index contributed by atoms with van der Waals surface area (Å²) in [4.78, 5) is 28.9. The van der Waals surface area contributed by atoms with E-state index in [1.165, 1.54) is 11.3 Å². The quantitative estimate of drug-likeness (QED) is 0.778. The molecule has 0 bridgehead atoms. The van der Waals surface area contributed by atoms with Gasteiger partial charge >= 0.3 is 0 Å². The van der Waals surface area contributed by atoms with Crippen LogP contribution in [-0.2, 0) is 4.74 Å². The normalized spacial score (nSPS) is 18.1. The van der Waals surface area contributed by atoms with Crippen molar-refractivity contribution in [1.29, 1.82) is 0 Å². The highest BCUT2D eigenvalue weighted by Gasteiger charge is 2.25. The fourth-order valence-corrected chi connectivity index (χ4v) is 4.34. The summed E-state index contributed by atoms with van der Waals surface area (Å²) in [5.74, 6) is 1.75. The molecule has 2 aliphatic rings. The van der Waals surface area contributed by atoms with E-state index in [4.69, 9.17) is 21.3 Å². The minimum atomic E-state index is 0.0550. The lowest BCUT2D eigenvalue weighted by molar-refractivity contribution is 0.0751. The van der Waals surface area contributed by atoms with Crippen molar-refractivity contribution in [2.45, 2.75) is 6.92 Å². The zero-order valence-electron chi connectivity index (χ0n) is 15.2. The second kappa shape index (κ2) is 8.00. The molecule has 0 aromatic carbocycles. The summed E-state index contributed by atoms with van der Waals surface area (Å²) in [6.45, 7) is 7.89. The molecule has 7 nitrogen and oxygen atoms in total. The molecule has 2 fully saturated rings. The number of anilines is 2. The first kappa shape index (κ1) is 18.5. The Kier molecular flexibility index (Phi) is 5.47. The third kappa shape index (κ3) is 4.17. The Morgan fingerprint density at radius 3 is 2.48 bits per heavy atom. The Balaban J connectivity index is 1.43. The predicted octanol–water partition coefficient (Wildman–Crippen LogP) is 2.30. The van der Waals surface area contributed by atoms with E-state index in [-0.39, 0.29) is 5.91 Å². The van der Waals surface area contributed by atoms with Gasteiger partial charge in [-0.3, -0.25) is 4.79 Å². The number of hydrogen-bond donors (Lipinski definition) is 0. The number of halogens is 1. The monoisotopic (exact) mass is 407 g/mol. The van der Waals surface area contributed by atoms with Gasteiger partial charge in [-0.25, -0.2) is 4.98 Å². The van der Waals surface area contributed by atoms with Crippen molar-refractivity contribution in [2.75, 3.05) is 62.3 Å². The summed E-state index contributed by atoms with van der Waals surface area (Å²) in [5.41, 5.74) is 0.952. The summed E-state index contributed by atoms with van der Waals surface area (Å²) >= 11 is 7.28. The molecule has 0 spiro atoms. The molecule has 2 aromatic rings. The van der Waals surface area contributed by atoms with Crippen molar-refractivity contribution in [3.8, 4) is 0 Å². The van der Waals surface area contributed by atoms with Gasteiger partial charge in [0.15, 0.2) is 0 Å². The van der Waals surface area contributed by atoms with E-state index in [1.54, 1.807) is 12.1 Å². The number of ether oxygens (including phenoxy) is 1. The van der Waals surface area contributed by atoms with E-state index in [2.05, 4.69) is 14.8 Å². The van der Waals surface area contributed by atoms with Crippen LogP contribution < -0.4 is 9.80 Å². The lowest BCUT2D eigenvalue weighted by Gasteiger charge is -2.36. The van der Waals surface area contributed by atoms with Gasteiger partial charge in [0, 0.05) is 51.0 Å². The van der Waals surface area contributed by atoms with Crippen LogP contribution in [0.4, 0.5) is 11.8 Å². The molecule has 144 valence electrons. The molecule has 4 heterocycles. The van der Waals surface area contributed by atoms with Gasteiger partial charge in [0.25, 0.3) is 5.91 Å². The van der Waals surface area contributed by atoms with Gasteiger partial charge in [0.1, 0.15) is 5.82 Å². The highest BCUT2D eigenvalue weighted by atomic mass is 35.5. The zero-order chi connectivity index (χ0) is 18.8. The summed E-state index contributed by atoms with van der Waals surface area (Å²) in [7, 11) is 0. The van der Waals surface area contributed by atoms with E-state index in [1.807, 2.05) is 17.9 Å². The first-order valence-electron chi connectivity index (χ1n) is 9.08. The van der Waals surface area contributed by atoms with Crippen LogP contribution in [0.2, 0.25) is 4.34 Å². The largest absolute Gasteiger partial charge is 0.378 e. The van der Waals surface area contributed by atoms with E-state index in [9.17, 15) is 4.79 Å². The molecule has 2 saturated heterocycles. The Morgan fingerprint density at radius 2 is 1.81 bits per heavy atom. The summed E-state index contributed by atoms with van der Waals surface area (Å²) in [6, 6.07) is 5.58. The fourth-order valence-electron chi connectivity index (χ4n) is 3.33. The highest BCUT2D eigenvalue weighted by Crippen LogP contribution is 2.24. The number of piperazine rings is 1. The molecule has 0 atom stereocenters. The maximum Gasteiger partial charge on any atom is 0.264 e. The van der Waals surface area contributed by atoms with Crippen molar-refractivity contribution < 1.29 is 9.53 Å². The minimum absolute atomic E-state index is 0.0550. The average Bonchev–Trinajstić information content (AvgIpc) is 3.14. The van der Waals surface area contributed by atoms with Crippen molar-refractivity contribution >= 4 is 40.6 Å². The first-order valence-corrected chi connectivity index (χ1v) is 10.3. The molecule has 2 aromatic heterocycles. The number of amides is 1. The van der Waals surface area contributed by atoms with Gasteiger partial charge in [-0.2, -0.15) is 4.98 Å². The molecule has 0 radical (unpaired) electrons. The van der Waals surface area contributed by atoms with Gasteiger partial charge < -0.3 is 19.4 Å². The Morgan fingerprint density at radius 1 is 1.07 bits per heavy atom. The zero-order valence-corrected chi connectivity index (χ0v) is 16.8. The number of hydrogen-bond acceptors (Lipinski definition) is 7. The SMILES string of the molecule is Cc1cc(N2CCN(C(=O)c3ccc(Cl)s3)CC2)nc(N2CCOCC2)n1. The molecule has 0 N–H and O–H groups in total. The Bertz CT molecular complexity index is 816. The average molecular weight is 408 g/mol. The first-order chi connectivity index (χ1) is 13.1. The molecule has 1 amide bonds. The van der Waals surface area contributed by atoms with Crippen LogP contribution in [0.25, 0.3) is 0 Å². The number of carbonyl (C=O) groups is 1. The van der Waals surface area contributed by atoms with E-state index in [0.717, 1.165) is 43.6 Å². The van der Waals surface area contributed by atoms with Crippen LogP contribution in [0.1, 0.15) is 15.4 Å². The summed E-state index contributed by atoms with van der Waals surface area (Å²) in [6.07, 6.45) is 0. The number of carbonyl (C=O) groups excluding carboxylic acids is 1. The maximum absolute atomic E-state index is 12.6. The number of morpholine rings is 1. The van der Waals surface area contributed by atoms with E-state index in [0.29, 0.717) is 35.5 Å². The van der Waals surface area contributed by atoms with Gasteiger partial charge in [-0.05, 0) is 19.1 Å². The predicted molar refractivity (Wildman–Crippen MR) is 107 cm³/mol. The Hall–Kier alpha value is -1.90. The van der Waals surface area contributed by atoms with Crippen LogP contribution in [0.3, 0.4) is 0 Å². The van der Waals surface area contributed by atoms with Crippen molar-refractivity contribution in [3.05, 3.63) is 33.1 Å². The molecular formula is C18H22ClN5O2S. The molecule has 27 heavy (non-hydrogen) atoms. The molecular weight excluding hydrogens is 386 g/mol. The summed E-state index contributed by atoms with van der Waals surface area (Å²) < 4.78 is 6.06. The fraction of sp³-hybridized carbons (Fsp3) is 0.500. The van der Waals surface area contributed by atoms with E-state index >= 15 is 0 Å². The lowest BCUT2D eigenvalue weighted by Crippen LogP contribution is -2.49. The van der Waals surface area contributed by atoms with Gasteiger partial charge in [0.05, 0.1) is 22.4 Å². The summed E-state index contributed by atoms with van der Waals surface area (Å²) in [5, 5.41) is 0. The van der Waals surface area contributed by atoms with Crippen molar-refractivity contribution in [2.24, 2.45) is 0 Å². The number of thiophene rings is 1. The molecule has 0 aliphatic carbocycles. The van der Waals surface area contributed by atoms with Gasteiger partial charge in [-0.1, -0.05) is 11.6 Å². The van der Waals surface area contributed by atoms with Crippen LogP contribution in [0.15, 0.2) is 18.2 Å². The van der Waals surface area contributed by atoms with E-state index < -0.39 is 0 Å². The minimum Gasteiger partial charge on any atom is -0.378 e. The lowest BCUT2D eigenvalue weighted by atomic mass is 10.2. The topological polar surface area (TPSA) is 61.8 Å². The smallest absolute Gasteiger partial charge is 0.264 e. The third-order valence-corrected chi connectivity index (χ3v) is 6.02. The van der Waals surface area contributed by atoms with Gasteiger partial charge in [-0.15, -0.1) is 11.3 Å². The van der Waals surface area contributed by atoms with Crippen LogP contribution in [0.5, 0.6) is 0 Å². The highest BCUT2D eigenvalue weighted by molar-refractivity contribution is 7.17. The number of aryl methyl sites for hydroxylation is 1. The van der Waals surface area contributed by atoms with Crippen molar-refractivity contribution in [3.63, 3.8) is 0 Å². The molecule has 4 rings (SSSR count).